The molecule has 0 radical (unpaired) electrons. The maximum absolute atomic E-state index is 5.40. The van der Waals surface area contributed by atoms with Crippen molar-refractivity contribution in [3.05, 3.63) is 0 Å². The first-order valence-corrected chi connectivity index (χ1v) is 7.67. The fourth-order valence-corrected chi connectivity index (χ4v) is 1.90. The molecular formula is C13H27BrO. The molecule has 0 saturated carbocycles. The molecule has 0 unspecified atom stereocenters. The van der Waals surface area contributed by atoms with Crippen molar-refractivity contribution in [1.29, 1.82) is 0 Å². The Morgan fingerprint density at radius 1 is 0.733 bits per heavy atom. The van der Waals surface area contributed by atoms with Crippen molar-refractivity contribution in [1.82, 2.24) is 0 Å². The third-order valence-corrected chi connectivity index (χ3v) is 2.94. The van der Waals surface area contributed by atoms with Gasteiger partial charge in [-0.3, -0.25) is 0 Å². The van der Waals surface area contributed by atoms with E-state index < -0.39 is 0 Å². The van der Waals surface area contributed by atoms with E-state index in [-0.39, 0.29) is 0 Å². The molecule has 2 heteroatoms. The van der Waals surface area contributed by atoms with Gasteiger partial charge in [-0.1, -0.05) is 74.2 Å². The molecule has 92 valence electrons. The van der Waals surface area contributed by atoms with Gasteiger partial charge in [0.25, 0.3) is 0 Å². The summed E-state index contributed by atoms with van der Waals surface area (Å²) in [6, 6.07) is 0. The molecule has 15 heavy (non-hydrogen) atoms. The van der Waals surface area contributed by atoms with Gasteiger partial charge in [-0.15, -0.1) is 0 Å². The van der Waals surface area contributed by atoms with Gasteiger partial charge < -0.3 is 4.74 Å². The Bertz CT molecular complexity index is 94.7. The Hall–Kier alpha value is 0.440. The quantitative estimate of drug-likeness (QED) is 0.363. The van der Waals surface area contributed by atoms with Crippen molar-refractivity contribution in [2.75, 3.05) is 18.5 Å². The van der Waals surface area contributed by atoms with Crippen molar-refractivity contribution in [3.8, 4) is 0 Å². The summed E-state index contributed by atoms with van der Waals surface area (Å²) in [6.45, 7) is 4.07. The number of halogens is 1. The van der Waals surface area contributed by atoms with Crippen LogP contribution < -0.4 is 0 Å². The van der Waals surface area contributed by atoms with E-state index in [0.29, 0.717) is 0 Å². The molecule has 0 spiro atoms. The van der Waals surface area contributed by atoms with Gasteiger partial charge in [-0.05, 0) is 6.42 Å². The highest BCUT2D eigenvalue weighted by Gasteiger charge is 1.92. The van der Waals surface area contributed by atoms with Crippen LogP contribution in [-0.2, 0) is 4.74 Å². The second kappa shape index (κ2) is 14.4. The van der Waals surface area contributed by atoms with E-state index in [1.807, 2.05) is 0 Å². The molecule has 0 heterocycles. The first-order chi connectivity index (χ1) is 7.41. The number of rotatable bonds is 12. The Morgan fingerprint density at radius 3 is 1.80 bits per heavy atom. The van der Waals surface area contributed by atoms with Crippen LogP contribution in [0, 0.1) is 0 Å². The monoisotopic (exact) mass is 278 g/mol. The molecule has 1 nitrogen and oxygen atoms in total. The van der Waals surface area contributed by atoms with Crippen LogP contribution in [0.1, 0.15) is 64.7 Å². The molecule has 0 aliphatic rings. The molecular weight excluding hydrogens is 252 g/mol. The summed E-state index contributed by atoms with van der Waals surface area (Å²) in [7, 11) is 0. The first-order valence-electron chi connectivity index (χ1n) is 6.55. The lowest BCUT2D eigenvalue weighted by Gasteiger charge is -2.02. The van der Waals surface area contributed by atoms with E-state index >= 15 is 0 Å². The van der Waals surface area contributed by atoms with Crippen molar-refractivity contribution in [2.24, 2.45) is 0 Å². The van der Waals surface area contributed by atoms with E-state index in [1.54, 1.807) is 0 Å². The summed E-state index contributed by atoms with van der Waals surface area (Å²) in [5, 5.41) is 0.963. The van der Waals surface area contributed by atoms with Crippen LogP contribution in [0.4, 0.5) is 0 Å². The molecule has 0 aromatic rings. The minimum absolute atomic E-state index is 0.858. The Balaban J connectivity index is 2.81. The fourth-order valence-electron chi connectivity index (χ4n) is 1.67. The Morgan fingerprint density at radius 2 is 1.27 bits per heavy atom. The van der Waals surface area contributed by atoms with Crippen molar-refractivity contribution >= 4 is 15.9 Å². The average molecular weight is 279 g/mol. The highest BCUT2D eigenvalue weighted by molar-refractivity contribution is 9.09. The molecule has 0 aromatic heterocycles. The van der Waals surface area contributed by atoms with Gasteiger partial charge in [0.05, 0.1) is 6.61 Å². The molecule has 0 atom stereocenters. The highest BCUT2D eigenvalue weighted by atomic mass is 79.9. The van der Waals surface area contributed by atoms with Crippen LogP contribution in [0.5, 0.6) is 0 Å². The van der Waals surface area contributed by atoms with Gasteiger partial charge in [0, 0.05) is 11.9 Å². The number of hydrogen-bond acceptors (Lipinski definition) is 1. The zero-order chi connectivity index (χ0) is 11.2. The summed E-state index contributed by atoms with van der Waals surface area (Å²) in [5.74, 6) is 0. The van der Waals surface area contributed by atoms with Gasteiger partial charge in [0.1, 0.15) is 0 Å². The molecule has 0 aromatic carbocycles. The van der Waals surface area contributed by atoms with Crippen LogP contribution in [-0.4, -0.2) is 18.5 Å². The zero-order valence-electron chi connectivity index (χ0n) is 10.3. The largest absolute Gasteiger partial charge is 0.381 e. The van der Waals surface area contributed by atoms with Crippen LogP contribution >= 0.6 is 15.9 Å². The maximum atomic E-state index is 5.40. The van der Waals surface area contributed by atoms with Crippen LogP contribution in [0.2, 0.25) is 0 Å². The number of hydrogen-bond donors (Lipinski definition) is 0. The molecule has 0 bridgehead atoms. The Labute approximate surface area is 104 Å². The minimum Gasteiger partial charge on any atom is -0.381 e. The normalized spacial score (nSPS) is 10.8. The smallest absolute Gasteiger partial charge is 0.0563 e. The molecule has 0 N–H and O–H groups in total. The van der Waals surface area contributed by atoms with Crippen molar-refractivity contribution < 1.29 is 4.74 Å². The third kappa shape index (κ3) is 14.4. The number of alkyl halides is 1. The molecule has 0 aliphatic heterocycles. The van der Waals surface area contributed by atoms with Crippen molar-refractivity contribution in [3.63, 3.8) is 0 Å². The van der Waals surface area contributed by atoms with E-state index in [9.17, 15) is 0 Å². The lowest BCUT2D eigenvalue weighted by molar-refractivity contribution is 0.146. The summed E-state index contributed by atoms with van der Waals surface area (Å²) in [4.78, 5) is 0. The summed E-state index contributed by atoms with van der Waals surface area (Å²) < 4.78 is 5.40. The van der Waals surface area contributed by atoms with Crippen LogP contribution in [0.15, 0.2) is 0 Å². The second-order valence-corrected chi connectivity index (χ2v) is 4.92. The molecule has 0 amide bonds. The van der Waals surface area contributed by atoms with Gasteiger partial charge >= 0.3 is 0 Å². The molecule has 0 fully saturated rings. The predicted molar refractivity (Wildman–Crippen MR) is 71.8 cm³/mol. The van der Waals surface area contributed by atoms with Gasteiger partial charge in [-0.2, -0.15) is 0 Å². The summed E-state index contributed by atoms with van der Waals surface area (Å²) in [6.07, 6.45) is 12.5. The molecule has 0 rings (SSSR count). The number of unbranched alkanes of at least 4 members (excludes halogenated alkanes) is 8. The fraction of sp³-hybridized carbons (Fsp3) is 1.00. The maximum Gasteiger partial charge on any atom is 0.0563 e. The van der Waals surface area contributed by atoms with Crippen molar-refractivity contribution in [2.45, 2.75) is 64.7 Å². The van der Waals surface area contributed by atoms with E-state index in [0.717, 1.165) is 18.5 Å². The van der Waals surface area contributed by atoms with Crippen LogP contribution in [0.3, 0.4) is 0 Å². The standard InChI is InChI=1S/C13H27BrO/c1-2-3-4-5-6-7-8-9-10-12-15-13-11-14/h2-13H2,1H3. The summed E-state index contributed by atoms with van der Waals surface area (Å²) >= 11 is 3.35. The Kier molecular flexibility index (Phi) is 14.9. The van der Waals surface area contributed by atoms with E-state index in [2.05, 4.69) is 22.9 Å². The molecule has 0 aliphatic carbocycles. The lowest BCUT2D eigenvalue weighted by atomic mass is 10.1. The SMILES string of the molecule is CCCCCCCCCCCOCCBr. The first kappa shape index (κ1) is 15.4. The number of ether oxygens (including phenoxy) is 1. The average Bonchev–Trinajstić information content (AvgIpc) is 2.26. The van der Waals surface area contributed by atoms with Crippen LogP contribution in [0.25, 0.3) is 0 Å². The highest BCUT2D eigenvalue weighted by Crippen LogP contribution is 2.09. The van der Waals surface area contributed by atoms with Gasteiger partial charge in [0.15, 0.2) is 0 Å². The topological polar surface area (TPSA) is 9.23 Å². The predicted octanol–water partition coefficient (Wildman–Crippen LogP) is 4.93. The van der Waals surface area contributed by atoms with Gasteiger partial charge in [-0.25, -0.2) is 0 Å². The minimum atomic E-state index is 0.858. The third-order valence-electron chi connectivity index (χ3n) is 2.61. The van der Waals surface area contributed by atoms with Gasteiger partial charge in [0.2, 0.25) is 0 Å². The summed E-state index contributed by atoms with van der Waals surface area (Å²) in [5.41, 5.74) is 0. The second-order valence-electron chi connectivity index (χ2n) is 4.13. The van der Waals surface area contributed by atoms with E-state index in [4.69, 9.17) is 4.74 Å². The van der Waals surface area contributed by atoms with E-state index in [1.165, 1.54) is 57.8 Å². The molecule has 0 saturated heterocycles. The zero-order valence-corrected chi connectivity index (χ0v) is 11.9. The lowest BCUT2D eigenvalue weighted by Crippen LogP contribution is -1.97.